The first-order valence-corrected chi connectivity index (χ1v) is 7.80. The molecule has 2 aliphatic heterocycles. The van der Waals surface area contributed by atoms with E-state index in [9.17, 15) is 13.2 Å². The Balaban J connectivity index is 1.71. The largest absolute Gasteiger partial charge is 0.453 e. The maximum absolute atomic E-state index is 13.0. The Morgan fingerprint density at radius 1 is 1.17 bits per heavy atom. The van der Waals surface area contributed by atoms with E-state index in [0.29, 0.717) is 32.2 Å². The van der Waals surface area contributed by atoms with Gasteiger partial charge < -0.3 is 14.4 Å². The predicted molar refractivity (Wildman–Crippen MR) is 76.7 cm³/mol. The van der Waals surface area contributed by atoms with Crippen molar-refractivity contribution in [1.29, 1.82) is 0 Å². The quantitative estimate of drug-likeness (QED) is 0.824. The van der Waals surface area contributed by atoms with Crippen molar-refractivity contribution in [3.8, 4) is 0 Å². The van der Waals surface area contributed by atoms with Crippen LogP contribution in [0.3, 0.4) is 0 Å². The molecule has 4 rings (SSSR count). The Kier molecular flexibility index (Phi) is 3.80. The fraction of sp³-hybridized carbons (Fsp3) is 0.643. The molecule has 2 saturated heterocycles. The van der Waals surface area contributed by atoms with Crippen LogP contribution in [0.5, 0.6) is 0 Å². The number of ether oxygens (including phenoxy) is 2. The zero-order valence-corrected chi connectivity index (χ0v) is 12.7. The van der Waals surface area contributed by atoms with Gasteiger partial charge in [-0.05, 0) is 25.0 Å². The molecule has 2 atom stereocenters. The lowest BCUT2D eigenvalue weighted by Crippen LogP contribution is -2.52. The van der Waals surface area contributed by atoms with Gasteiger partial charge in [-0.25, -0.2) is 0 Å². The van der Waals surface area contributed by atoms with Crippen molar-refractivity contribution in [2.75, 3.05) is 31.3 Å². The Morgan fingerprint density at radius 3 is 2.79 bits per heavy atom. The molecule has 2 unspecified atom stereocenters. The van der Waals surface area contributed by atoms with E-state index in [1.807, 2.05) is 4.90 Å². The normalized spacial score (nSPS) is 25.5. The van der Waals surface area contributed by atoms with Gasteiger partial charge in [-0.2, -0.15) is 17.7 Å². The van der Waals surface area contributed by atoms with Crippen LogP contribution >= 0.6 is 0 Å². The van der Waals surface area contributed by atoms with Crippen molar-refractivity contribution in [2.45, 2.75) is 31.2 Å². The van der Waals surface area contributed by atoms with Gasteiger partial charge in [-0.1, -0.05) is 0 Å². The molecule has 10 heteroatoms. The minimum Gasteiger partial charge on any atom is -0.377 e. The maximum Gasteiger partial charge on any atom is 0.453 e. The number of morpholine rings is 1. The number of fused-ring (bicyclic) bond motifs is 1. The summed E-state index contributed by atoms with van der Waals surface area (Å²) >= 11 is 0. The molecule has 0 aliphatic carbocycles. The van der Waals surface area contributed by atoms with Crippen molar-refractivity contribution >= 4 is 11.5 Å². The third-order valence-corrected chi connectivity index (χ3v) is 4.36. The molecule has 2 aliphatic rings. The zero-order chi connectivity index (χ0) is 16.7. The zero-order valence-electron chi connectivity index (χ0n) is 12.7. The Hall–Kier alpha value is -1.94. The van der Waals surface area contributed by atoms with Crippen LogP contribution in [0.1, 0.15) is 18.7 Å². The van der Waals surface area contributed by atoms with Crippen molar-refractivity contribution in [1.82, 2.24) is 19.8 Å². The third-order valence-electron chi connectivity index (χ3n) is 4.36. The fourth-order valence-electron chi connectivity index (χ4n) is 3.23. The lowest BCUT2D eigenvalue weighted by molar-refractivity contribution is -0.146. The van der Waals surface area contributed by atoms with E-state index < -0.39 is 12.0 Å². The predicted octanol–water partition coefficient (Wildman–Crippen LogP) is 1.53. The van der Waals surface area contributed by atoms with Gasteiger partial charge in [0, 0.05) is 13.2 Å². The molecule has 4 heterocycles. The molecule has 130 valence electrons. The molecular weight excluding hydrogens is 327 g/mol. The van der Waals surface area contributed by atoms with E-state index in [1.165, 1.54) is 6.07 Å². The van der Waals surface area contributed by atoms with Crippen LogP contribution < -0.4 is 4.90 Å². The average molecular weight is 343 g/mol. The SMILES string of the molecule is FC(F)(F)c1nnc2ccc(N3CCOCC3C3CCCO3)nn12. The topological polar surface area (TPSA) is 64.8 Å². The molecule has 0 radical (unpaired) electrons. The first-order chi connectivity index (χ1) is 11.5. The van der Waals surface area contributed by atoms with Gasteiger partial charge in [0.15, 0.2) is 5.65 Å². The number of nitrogens with zero attached hydrogens (tertiary/aromatic N) is 5. The number of anilines is 1. The lowest BCUT2D eigenvalue weighted by Gasteiger charge is -2.39. The van der Waals surface area contributed by atoms with E-state index >= 15 is 0 Å². The number of hydrogen-bond donors (Lipinski definition) is 0. The first kappa shape index (κ1) is 15.6. The molecule has 0 bridgehead atoms. The van der Waals surface area contributed by atoms with E-state index in [0.717, 1.165) is 17.4 Å². The first-order valence-electron chi connectivity index (χ1n) is 7.80. The highest BCUT2D eigenvalue weighted by Gasteiger charge is 2.38. The second-order valence-corrected chi connectivity index (χ2v) is 5.87. The summed E-state index contributed by atoms with van der Waals surface area (Å²) in [5.41, 5.74) is 0.0630. The molecule has 0 spiro atoms. The summed E-state index contributed by atoms with van der Waals surface area (Å²) < 4.78 is 51.1. The maximum atomic E-state index is 13.0. The van der Waals surface area contributed by atoms with Crippen LogP contribution in [0, 0.1) is 0 Å². The summed E-state index contributed by atoms with van der Waals surface area (Å²) in [6.07, 6.45) is -2.71. The molecule has 24 heavy (non-hydrogen) atoms. The van der Waals surface area contributed by atoms with Gasteiger partial charge in [0.1, 0.15) is 5.82 Å². The average Bonchev–Trinajstić information content (AvgIpc) is 3.23. The second kappa shape index (κ2) is 5.85. The third kappa shape index (κ3) is 2.69. The van der Waals surface area contributed by atoms with Crippen LogP contribution in [-0.2, 0) is 15.7 Å². The van der Waals surface area contributed by atoms with Crippen LogP contribution in [0.4, 0.5) is 19.0 Å². The molecule has 2 aromatic rings. The highest BCUT2D eigenvalue weighted by molar-refractivity contribution is 5.47. The molecule has 7 nitrogen and oxygen atoms in total. The number of hydrogen-bond acceptors (Lipinski definition) is 6. The monoisotopic (exact) mass is 343 g/mol. The van der Waals surface area contributed by atoms with Gasteiger partial charge in [0.05, 0.1) is 25.4 Å². The Morgan fingerprint density at radius 2 is 2.04 bits per heavy atom. The van der Waals surface area contributed by atoms with Crippen molar-refractivity contribution in [2.24, 2.45) is 0 Å². The summed E-state index contributed by atoms with van der Waals surface area (Å²) in [4.78, 5) is 1.96. The van der Waals surface area contributed by atoms with Gasteiger partial charge in [-0.15, -0.1) is 15.3 Å². The summed E-state index contributed by atoms with van der Waals surface area (Å²) in [7, 11) is 0. The second-order valence-electron chi connectivity index (χ2n) is 5.87. The van der Waals surface area contributed by atoms with E-state index in [2.05, 4.69) is 15.3 Å². The fourth-order valence-corrected chi connectivity index (χ4v) is 3.23. The highest BCUT2D eigenvalue weighted by atomic mass is 19.4. The standard InChI is InChI=1S/C14H16F3N5O2/c15-14(16,17)13-19-18-11-3-4-12(20-22(11)13)21-5-7-23-8-9(21)10-2-1-6-24-10/h3-4,9-10H,1-2,5-8H2. The van der Waals surface area contributed by atoms with Gasteiger partial charge >= 0.3 is 6.18 Å². The Bertz CT molecular complexity index is 729. The van der Waals surface area contributed by atoms with Crippen LogP contribution in [0.25, 0.3) is 5.65 Å². The molecule has 0 amide bonds. The highest BCUT2D eigenvalue weighted by Crippen LogP contribution is 2.29. The minimum absolute atomic E-state index is 0.00537. The van der Waals surface area contributed by atoms with Crippen LogP contribution in [0.15, 0.2) is 12.1 Å². The van der Waals surface area contributed by atoms with Crippen LogP contribution in [0.2, 0.25) is 0 Å². The smallest absolute Gasteiger partial charge is 0.377 e. The van der Waals surface area contributed by atoms with Gasteiger partial charge in [0.25, 0.3) is 5.82 Å². The molecule has 0 N–H and O–H groups in total. The van der Waals surface area contributed by atoms with Crippen molar-refractivity contribution < 1.29 is 22.6 Å². The molecule has 2 aromatic heterocycles. The van der Waals surface area contributed by atoms with Crippen molar-refractivity contribution in [3.05, 3.63) is 18.0 Å². The Labute approximate surface area is 135 Å². The van der Waals surface area contributed by atoms with Crippen molar-refractivity contribution in [3.63, 3.8) is 0 Å². The summed E-state index contributed by atoms with van der Waals surface area (Å²) in [5.74, 6) is -0.683. The number of alkyl halides is 3. The molecule has 0 saturated carbocycles. The number of halogens is 3. The molecule has 0 aromatic carbocycles. The van der Waals surface area contributed by atoms with E-state index in [-0.39, 0.29) is 17.8 Å². The molecule has 2 fully saturated rings. The minimum atomic E-state index is -4.61. The van der Waals surface area contributed by atoms with Crippen LogP contribution in [-0.4, -0.2) is 58.3 Å². The number of aromatic nitrogens is 4. The van der Waals surface area contributed by atoms with E-state index in [4.69, 9.17) is 9.47 Å². The lowest BCUT2D eigenvalue weighted by atomic mass is 10.1. The molecular formula is C14H16F3N5O2. The summed E-state index contributed by atoms with van der Waals surface area (Å²) in [6.45, 7) is 2.22. The number of rotatable bonds is 2. The summed E-state index contributed by atoms with van der Waals surface area (Å²) in [6, 6.07) is 3.10. The van der Waals surface area contributed by atoms with Gasteiger partial charge in [-0.3, -0.25) is 0 Å². The van der Waals surface area contributed by atoms with Gasteiger partial charge in [0.2, 0.25) is 0 Å². The van der Waals surface area contributed by atoms with E-state index in [1.54, 1.807) is 6.07 Å². The summed E-state index contributed by atoms with van der Waals surface area (Å²) in [5, 5.41) is 10.9.